The number of nitrogens with zero attached hydrogens (tertiary/aromatic N) is 1. The van der Waals surface area contributed by atoms with E-state index in [9.17, 15) is 13.6 Å². The van der Waals surface area contributed by atoms with Crippen LogP contribution in [0.15, 0.2) is 30.3 Å². The third kappa shape index (κ3) is 3.86. The van der Waals surface area contributed by atoms with Crippen molar-refractivity contribution >= 4 is 6.09 Å². The Morgan fingerprint density at radius 1 is 1.25 bits per heavy atom. The zero-order valence-electron chi connectivity index (χ0n) is 13.8. The number of amides is 1. The number of hydrogen-bond acceptors (Lipinski definition) is 3. The first-order chi connectivity index (χ1) is 11.4. The van der Waals surface area contributed by atoms with Crippen molar-refractivity contribution in [2.24, 2.45) is 5.41 Å². The van der Waals surface area contributed by atoms with Crippen LogP contribution < -0.4 is 0 Å². The molecule has 1 amide bonds. The molecule has 1 unspecified atom stereocenters. The van der Waals surface area contributed by atoms with Crippen LogP contribution >= 0.6 is 0 Å². The lowest BCUT2D eigenvalue weighted by atomic mass is 10.1. The van der Waals surface area contributed by atoms with Crippen molar-refractivity contribution in [1.29, 1.82) is 0 Å². The number of alkyl halides is 2. The summed E-state index contributed by atoms with van der Waals surface area (Å²) in [5, 5.41) is 0. The van der Waals surface area contributed by atoms with E-state index >= 15 is 0 Å². The Labute approximate surface area is 140 Å². The van der Waals surface area contributed by atoms with E-state index in [2.05, 4.69) is 0 Å². The van der Waals surface area contributed by atoms with E-state index in [-0.39, 0.29) is 31.8 Å². The SMILES string of the molecule is CC1(COC2CCN(C(=O)OCc3ccccc3)CC2)CC1(F)F. The predicted octanol–water partition coefficient (Wildman–Crippen LogP) is 3.85. The number of likely N-dealkylation sites (tertiary alicyclic amines) is 1. The van der Waals surface area contributed by atoms with Crippen LogP contribution in [-0.2, 0) is 16.1 Å². The highest BCUT2D eigenvalue weighted by atomic mass is 19.3. The summed E-state index contributed by atoms with van der Waals surface area (Å²) in [5.41, 5.74) is -0.0543. The smallest absolute Gasteiger partial charge is 0.410 e. The van der Waals surface area contributed by atoms with Crippen molar-refractivity contribution in [1.82, 2.24) is 4.90 Å². The van der Waals surface area contributed by atoms with Gasteiger partial charge in [-0.15, -0.1) is 0 Å². The van der Waals surface area contributed by atoms with Crippen LogP contribution in [0.25, 0.3) is 0 Å². The van der Waals surface area contributed by atoms with Crippen molar-refractivity contribution in [3.63, 3.8) is 0 Å². The van der Waals surface area contributed by atoms with E-state index < -0.39 is 11.3 Å². The first-order valence-electron chi connectivity index (χ1n) is 8.35. The van der Waals surface area contributed by atoms with E-state index in [4.69, 9.17) is 9.47 Å². The second kappa shape index (κ2) is 6.67. The maximum atomic E-state index is 13.2. The molecule has 0 spiro atoms. The van der Waals surface area contributed by atoms with Crippen molar-refractivity contribution in [3.8, 4) is 0 Å². The van der Waals surface area contributed by atoms with Gasteiger partial charge in [0.25, 0.3) is 5.92 Å². The van der Waals surface area contributed by atoms with Crippen LogP contribution in [0, 0.1) is 5.41 Å². The molecule has 0 N–H and O–H groups in total. The second-order valence-corrected chi connectivity index (χ2v) is 6.98. The van der Waals surface area contributed by atoms with E-state index in [0.717, 1.165) is 5.56 Å². The van der Waals surface area contributed by atoms with Gasteiger partial charge in [-0.05, 0) is 18.4 Å². The minimum atomic E-state index is -2.59. The number of rotatable bonds is 5. The average Bonchev–Trinajstić information content (AvgIpc) is 3.10. The molecule has 0 bridgehead atoms. The standard InChI is InChI=1S/C18H23F2NO3/c1-17(12-18(17,19)20)13-24-15-7-9-21(10-8-15)16(22)23-11-14-5-3-2-4-6-14/h2-6,15H,7-13H2,1H3. The van der Waals surface area contributed by atoms with Crippen molar-refractivity contribution in [3.05, 3.63) is 35.9 Å². The van der Waals surface area contributed by atoms with Crippen LogP contribution in [0.3, 0.4) is 0 Å². The summed E-state index contributed by atoms with van der Waals surface area (Å²) in [6, 6.07) is 9.52. The molecule has 2 fully saturated rings. The molecule has 1 aromatic carbocycles. The molecule has 1 saturated heterocycles. The fourth-order valence-corrected chi connectivity index (χ4v) is 2.92. The predicted molar refractivity (Wildman–Crippen MR) is 84.8 cm³/mol. The number of hydrogen-bond donors (Lipinski definition) is 0. The molecular weight excluding hydrogens is 316 g/mol. The van der Waals surface area contributed by atoms with Crippen molar-refractivity contribution in [2.75, 3.05) is 19.7 Å². The van der Waals surface area contributed by atoms with Gasteiger partial charge < -0.3 is 14.4 Å². The van der Waals surface area contributed by atoms with Gasteiger partial charge >= 0.3 is 6.09 Å². The van der Waals surface area contributed by atoms with Gasteiger partial charge in [-0.3, -0.25) is 0 Å². The molecule has 1 aliphatic heterocycles. The summed E-state index contributed by atoms with van der Waals surface area (Å²) < 4.78 is 37.3. The van der Waals surface area contributed by atoms with E-state index in [1.54, 1.807) is 11.8 Å². The zero-order chi connectivity index (χ0) is 17.2. The summed E-state index contributed by atoms with van der Waals surface area (Å²) in [4.78, 5) is 13.7. The molecule has 2 aliphatic rings. The van der Waals surface area contributed by atoms with Gasteiger partial charge in [-0.2, -0.15) is 0 Å². The number of piperidine rings is 1. The Morgan fingerprint density at radius 3 is 2.46 bits per heavy atom. The molecule has 0 aromatic heterocycles. The van der Waals surface area contributed by atoms with Crippen molar-refractivity contribution in [2.45, 2.75) is 44.8 Å². The van der Waals surface area contributed by atoms with Gasteiger partial charge in [0.1, 0.15) is 6.61 Å². The normalized spacial score (nSPS) is 26.2. The maximum Gasteiger partial charge on any atom is 0.410 e. The highest BCUT2D eigenvalue weighted by molar-refractivity contribution is 5.67. The summed E-state index contributed by atoms with van der Waals surface area (Å²) in [7, 11) is 0. The molecule has 6 heteroatoms. The highest BCUT2D eigenvalue weighted by Crippen LogP contribution is 2.60. The number of carbonyl (C=O) groups excluding carboxylic acids is 1. The fourth-order valence-electron chi connectivity index (χ4n) is 2.92. The van der Waals surface area contributed by atoms with Gasteiger partial charge in [0.2, 0.25) is 0 Å². The van der Waals surface area contributed by atoms with Crippen LogP contribution in [-0.4, -0.2) is 42.7 Å². The molecule has 1 saturated carbocycles. The number of ether oxygens (including phenoxy) is 2. The first-order valence-corrected chi connectivity index (χ1v) is 8.35. The van der Waals surface area contributed by atoms with Crippen LogP contribution in [0.4, 0.5) is 13.6 Å². The second-order valence-electron chi connectivity index (χ2n) is 6.98. The lowest BCUT2D eigenvalue weighted by molar-refractivity contribution is -0.0378. The number of carbonyl (C=O) groups is 1. The molecular formula is C18H23F2NO3. The maximum absolute atomic E-state index is 13.2. The third-order valence-electron chi connectivity index (χ3n) is 4.91. The molecule has 132 valence electrons. The zero-order valence-corrected chi connectivity index (χ0v) is 13.8. The Hall–Kier alpha value is -1.69. The summed E-state index contributed by atoms with van der Waals surface area (Å²) in [5.74, 6) is -2.59. The molecule has 1 heterocycles. The van der Waals surface area contributed by atoms with Crippen LogP contribution in [0.1, 0.15) is 31.7 Å². The number of benzene rings is 1. The Balaban J connectivity index is 1.36. The summed E-state index contributed by atoms with van der Waals surface area (Å²) in [6.45, 7) is 2.96. The van der Waals surface area contributed by atoms with E-state index in [1.165, 1.54) is 0 Å². The largest absolute Gasteiger partial charge is 0.445 e. The summed E-state index contributed by atoms with van der Waals surface area (Å²) >= 11 is 0. The Bertz CT molecular complexity index is 573. The molecule has 0 radical (unpaired) electrons. The minimum absolute atomic E-state index is 0.0589. The first kappa shape index (κ1) is 17.1. The van der Waals surface area contributed by atoms with E-state index in [1.807, 2.05) is 30.3 Å². The topological polar surface area (TPSA) is 38.8 Å². The highest BCUT2D eigenvalue weighted by Gasteiger charge is 2.68. The molecule has 3 rings (SSSR count). The molecule has 4 nitrogen and oxygen atoms in total. The van der Waals surface area contributed by atoms with Crippen molar-refractivity contribution < 1.29 is 23.0 Å². The quantitative estimate of drug-likeness (QED) is 0.818. The number of halogens is 2. The fraction of sp³-hybridized carbons (Fsp3) is 0.611. The Kier molecular flexibility index (Phi) is 4.76. The van der Waals surface area contributed by atoms with Crippen LogP contribution in [0.2, 0.25) is 0 Å². The molecule has 1 aliphatic carbocycles. The lowest BCUT2D eigenvalue weighted by Crippen LogP contribution is -2.41. The van der Waals surface area contributed by atoms with Gasteiger partial charge in [-0.25, -0.2) is 13.6 Å². The molecule has 1 aromatic rings. The van der Waals surface area contributed by atoms with Gasteiger partial charge in [0.15, 0.2) is 0 Å². The molecule has 24 heavy (non-hydrogen) atoms. The van der Waals surface area contributed by atoms with Gasteiger partial charge in [0, 0.05) is 19.5 Å². The monoisotopic (exact) mass is 339 g/mol. The van der Waals surface area contributed by atoms with Gasteiger partial charge in [-0.1, -0.05) is 37.3 Å². The average molecular weight is 339 g/mol. The lowest BCUT2D eigenvalue weighted by Gasteiger charge is -2.31. The molecule has 1 atom stereocenters. The van der Waals surface area contributed by atoms with Crippen LogP contribution in [0.5, 0.6) is 0 Å². The third-order valence-corrected chi connectivity index (χ3v) is 4.91. The Morgan fingerprint density at radius 2 is 1.88 bits per heavy atom. The van der Waals surface area contributed by atoms with E-state index in [0.29, 0.717) is 25.9 Å². The minimum Gasteiger partial charge on any atom is -0.445 e. The summed E-state index contributed by atoms with van der Waals surface area (Å²) in [6.07, 6.45) is 0.823. The van der Waals surface area contributed by atoms with Gasteiger partial charge in [0.05, 0.1) is 18.1 Å².